The van der Waals surface area contributed by atoms with Gasteiger partial charge in [0, 0.05) is 0 Å². The molecule has 0 saturated heterocycles. The highest BCUT2D eigenvalue weighted by atomic mass is 16.4. The summed E-state index contributed by atoms with van der Waals surface area (Å²) in [6.45, 7) is 4.02. The van der Waals surface area contributed by atoms with Gasteiger partial charge in [0.25, 0.3) is 0 Å². The minimum absolute atomic E-state index is 0.390. The van der Waals surface area contributed by atoms with Crippen LogP contribution in [0.4, 0.5) is 0 Å². The maximum Gasteiger partial charge on any atom is 0.335 e. The summed E-state index contributed by atoms with van der Waals surface area (Å²) in [6.07, 6.45) is 0.656. The molecule has 0 heterocycles. The highest BCUT2D eigenvalue weighted by Gasteiger charge is 2.10. The quantitative estimate of drug-likeness (QED) is 0.890. The monoisotopic (exact) mass is 240 g/mol. The largest absolute Gasteiger partial charge is 0.478 e. The average Bonchev–Trinajstić information content (AvgIpc) is 2.32. The molecule has 18 heavy (non-hydrogen) atoms. The Kier molecular flexibility index (Phi) is 3.47. The van der Waals surface area contributed by atoms with Crippen molar-refractivity contribution in [1.82, 2.24) is 0 Å². The third-order valence-electron chi connectivity index (χ3n) is 3.01. The average molecular weight is 240 g/mol. The van der Waals surface area contributed by atoms with Crippen molar-refractivity contribution < 1.29 is 9.90 Å². The van der Waals surface area contributed by atoms with Crippen molar-refractivity contribution in [3.8, 4) is 0 Å². The van der Waals surface area contributed by atoms with Gasteiger partial charge in [0.2, 0.25) is 0 Å². The van der Waals surface area contributed by atoms with E-state index in [2.05, 4.69) is 0 Å². The second-order valence-electron chi connectivity index (χ2n) is 4.63. The predicted molar refractivity (Wildman–Crippen MR) is 72.1 cm³/mol. The number of aromatic carboxylic acids is 1. The molecule has 0 spiro atoms. The van der Waals surface area contributed by atoms with Crippen LogP contribution < -0.4 is 0 Å². The van der Waals surface area contributed by atoms with Crippen molar-refractivity contribution in [3.63, 3.8) is 0 Å². The van der Waals surface area contributed by atoms with Crippen molar-refractivity contribution in [3.05, 3.63) is 70.3 Å². The lowest BCUT2D eigenvalue weighted by Crippen LogP contribution is -2.03. The first-order valence-corrected chi connectivity index (χ1v) is 5.94. The molecule has 0 radical (unpaired) electrons. The van der Waals surface area contributed by atoms with E-state index in [1.807, 2.05) is 50.2 Å². The summed E-state index contributed by atoms with van der Waals surface area (Å²) in [4.78, 5) is 11.2. The van der Waals surface area contributed by atoms with Gasteiger partial charge in [-0.05, 0) is 37.5 Å². The zero-order chi connectivity index (χ0) is 13.1. The third kappa shape index (κ3) is 2.77. The molecule has 0 amide bonds. The SMILES string of the molecule is Cc1ccc(Cc2cc(C)ccc2C(=O)O)cc1. The molecular formula is C16H16O2. The maximum absolute atomic E-state index is 11.2. The molecule has 0 bridgehead atoms. The molecular weight excluding hydrogens is 224 g/mol. The van der Waals surface area contributed by atoms with Gasteiger partial charge < -0.3 is 5.11 Å². The molecule has 2 nitrogen and oxygen atoms in total. The topological polar surface area (TPSA) is 37.3 Å². The van der Waals surface area contributed by atoms with Gasteiger partial charge in [-0.1, -0.05) is 47.5 Å². The Morgan fingerprint density at radius 1 is 1.00 bits per heavy atom. The number of hydrogen-bond donors (Lipinski definition) is 1. The zero-order valence-corrected chi connectivity index (χ0v) is 10.6. The van der Waals surface area contributed by atoms with Gasteiger partial charge in [-0.25, -0.2) is 4.79 Å². The normalized spacial score (nSPS) is 10.3. The molecule has 0 aliphatic heterocycles. The van der Waals surface area contributed by atoms with Crippen molar-refractivity contribution in [1.29, 1.82) is 0 Å². The fourth-order valence-corrected chi connectivity index (χ4v) is 2.00. The summed E-state index contributed by atoms with van der Waals surface area (Å²) in [6, 6.07) is 13.6. The number of benzene rings is 2. The van der Waals surface area contributed by atoms with Gasteiger partial charge in [0.1, 0.15) is 0 Å². The molecule has 2 aromatic rings. The van der Waals surface area contributed by atoms with Crippen molar-refractivity contribution >= 4 is 5.97 Å². The fraction of sp³-hybridized carbons (Fsp3) is 0.188. The van der Waals surface area contributed by atoms with Crippen LogP contribution in [0.15, 0.2) is 42.5 Å². The van der Waals surface area contributed by atoms with Crippen LogP contribution in [0.1, 0.15) is 32.6 Å². The Morgan fingerprint density at radius 2 is 1.61 bits per heavy atom. The summed E-state index contributed by atoms with van der Waals surface area (Å²) in [5.74, 6) is -0.864. The Bertz CT molecular complexity index is 568. The summed E-state index contributed by atoms with van der Waals surface area (Å²) in [5, 5.41) is 9.18. The van der Waals surface area contributed by atoms with E-state index in [-0.39, 0.29) is 0 Å². The number of hydrogen-bond acceptors (Lipinski definition) is 1. The van der Waals surface area contributed by atoms with Gasteiger partial charge in [-0.15, -0.1) is 0 Å². The summed E-state index contributed by atoms with van der Waals surface area (Å²) in [7, 11) is 0. The standard InChI is InChI=1S/C16H16O2/c1-11-3-6-13(7-4-11)10-14-9-12(2)5-8-15(14)16(17)18/h3-9H,10H2,1-2H3,(H,17,18). The Labute approximate surface area is 107 Å². The van der Waals surface area contributed by atoms with Crippen LogP contribution >= 0.6 is 0 Å². The first kappa shape index (κ1) is 12.4. The van der Waals surface area contributed by atoms with E-state index in [9.17, 15) is 9.90 Å². The van der Waals surface area contributed by atoms with Gasteiger partial charge in [0.15, 0.2) is 0 Å². The molecule has 0 aliphatic carbocycles. The molecule has 0 atom stereocenters. The minimum atomic E-state index is -0.864. The Hall–Kier alpha value is -2.09. The zero-order valence-electron chi connectivity index (χ0n) is 10.6. The van der Waals surface area contributed by atoms with Gasteiger partial charge >= 0.3 is 5.97 Å². The lowest BCUT2D eigenvalue weighted by Gasteiger charge is -2.08. The second kappa shape index (κ2) is 5.05. The van der Waals surface area contributed by atoms with Gasteiger partial charge in [-0.3, -0.25) is 0 Å². The molecule has 92 valence electrons. The first-order chi connectivity index (χ1) is 8.56. The summed E-state index contributed by atoms with van der Waals surface area (Å²) >= 11 is 0. The van der Waals surface area contributed by atoms with E-state index < -0.39 is 5.97 Å². The van der Waals surface area contributed by atoms with Crippen LogP contribution in [0.2, 0.25) is 0 Å². The fourth-order valence-electron chi connectivity index (χ4n) is 2.00. The van der Waals surface area contributed by atoms with Crippen LogP contribution in [0.25, 0.3) is 0 Å². The number of aryl methyl sites for hydroxylation is 2. The molecule has 2 aromatic carbocycles. The van der Waals surface area contributed by atoms with E-state index in [1.54, 1.807) is 6.07 Å². The first-order valence-electron chi connectivity index (χ1n) is 5.94. The molecule has 0 aromatic heterocycles. The van der Waals surface area contributed by atoms with E-state index in [0.717, 1.165) is 16.7 Å². The molecule has 1 N–H and O–H groups in total. The molecule has 0 aliphatic rings. The number of rotatable bonds is 3. The van der Waals surface area contributed by atoms with Crippen LogP contribution in [-0.2, 0) is 6.42 Å². The number of carboxylic acid groups (broad SMARTS) is 1. The summed E-state index contributed by atoms with van der Waals surface area (Å²) < 4.78 is 0. The Morgan fingerprint density at radius 3 is 2.22 bits per heavy atom. The van der Waals surface area contributed by atoms with Crippen LogP contribution in [0, 0.1) is 13.8 Å². The summed E-state index contributed by atoms with van der Waals surface area (Å²) in [5.41, 5.74) is 4.68. The Balaban J connectivity index is 2.35. The molecule has 2 heteroatoms. The van der Waals surface area contributed by atoms with Crippen LogP contribution in [-0.4, -0.2) is 11.1 Å². The minimum Gasteiger partial charge on any atom is -0.478 e. The maximum atomic E-state index is 11.2. The molecule has 2 rings (SSSR count). The van der Waals surface area contributed by atoms with E-state index in [4.69, 9.17) is 0 Å². The smallest absolute Gasteiger partial charge is 0.335 e. The number of carboxylic acids is 1. The molecule has 0 unspecified atom stereocenters. The van der Waals surface area contributed by atoms with E-state index in [0.29, 0.717) is 12.0 Å². The van der Waals surface area contributed by atoms with Crippen molar-refractivity contribution in [2.24, 2.45) is 0 Å². The lowest BCUT2D eigenvalue weighted by atomic mass is 9.97. The van der Waals surface area contributed by atoms with Gasteiger partial charge in [-0.2, -0.15) is 0 Å². The molecule has 0 saturated carbocycles. The molecule has 0 fully saturated rings. The highest BCUT2D eigenvalue weighted by Crippen LogP contribution is 2.17. The lowest BCUT2D eigenvalue weighted by molar-refractivity contribution is 0.0696. The van der Waals surface area contributed by atoms with Crippen molar-refractivity contribution in [2.45, 2.75) is 20.3 Å². The number of carbonyl (C=O) groups is 1. The van der Waals surface area contributed by atoms with Crippen molar-refractivity contribution in [2.75, 3.05) is 0 Å². The highest BCUT2D eigenvalue weighted by molar-refractivity contribution is 5.89. The van der Waals surface area contributed by atoms with Crippen LogP contribution in [0.3, 0.4) is 0 Å². The van der Waals surface area contributed by atoms with Gasteiger partial charge in [0.05, 0.1) is 5.56 Å². The third-order valence-corrected chi connectivity index (χ3v) is 3.01. The van der Waals surface area contributed by atoms with E-state index in [1.165, 1.54) is 5.56 Å². The van der Waals surface area contributed by atoms with Crippen LogP contribution in [0.5, 0.6) is 0 Å². The predicted octanol–water partition coefficient (Wildman–Crippen LogP) is 3.59. The van der Waals surface area contributed by atoms with E-state index >= 15 is 0 Å². The second-order valence-corrected chi connectivity index (χ2v) is 4.63.